The largest absolute Gasteiger partial charge is 0.872 e. The van der Waals surface area contributed by atoms with Crippen molar-refractivity contribution in [2.24, 2.45) is 5.41 Å². The Morgan fingerprint density at radius 1 is 1.19 bits per heavy atom. The lowest BCUT2D eigenvalue weighted by atomic mass is 9.81. The van der Waals surface area contributed by atoms with Gasteiger partial charge in [0.15, 0.2) is 0 Å². The number of halogens is 1. The van der Waals surface area contributed by atoms with Gasteiger partial charge in [-0.2, -0.15) is 0 Å². The van der Waals surface area contributed by atoms with Crippen LogP contribution in [0, 0.1) is 5.41 Å². The first-order chi connectivity index (χ1) is 9.68. The van der Waals surface area contributed by atoms with E-state index in [1.807, 2.05) is 0 Å². The average molecular weight is 310 g/mol. The van der Waals surface area contributed by atoms with Gasteiger partial charge in [0.05, 0.1) is 6.61 Å². The molecule has 1 rings (SSSR count). The molecule has 0 radical (unpaired) electrons. The zero-order valence-electron chi connectivity index (χ0n) is 12.5. The highest BCUT2D eigenvalue weighted by Gasteiger charge is 2.30. The van der Waals surface area contributed by atoms with Crippen molar-refractivity contribution in [3.8, 4) is 0 Å². The van der Waals surface area contributed by atoms with Crippen LogP contribution in [0.3, 0.4) is 0 Å². The zero-order chi connectivity index (χ0) is 16.2. The van der Waals surface area contributed by atoms with Gasteiger partial charge in [-0.3, -0.25) is 4.79 Å². The molecule has 5 heteroatoms. The second-order valence-electron chi connectivity index (χ2n) is 5.51. The smallest absolute Gasteiger partial charge is 0.379 e. The van der Waals surface area contributed by atoms with E-state index in [4.69, 9.17) is 16.3 Å². The molecule has 1 aromatic rings. The van der Waals surface area contributed by atoms with Gasteiger partial charge in [0.1, 0.15) is 0 Å². The summed E-state index contributed by atoms with van der Waals surface area (Å²) in [6, 6.07) is 6.16. The van der Waals surface area contributed by atoms with Crippen molar-refractivity contribution in [1.29, 1.82) is 0 Å². The number of esters is 1. The molecule has 0 aliphatic heterocycles. The fourth-order valence-electron chi connectivity index (χ4n) is 1.83. The number of benzene rings is 1. The van der Waals surface area contributed by atoms with E-state index in [0.717, 1.165) is 0 Å². The topological polar surface area (TPSA) is 66.4 Å². The monoisotopic (exact) mass is 309 g/mol. The quantitative estimate of drug-likeness (QED) is 0.371. The molecule has 0 fully saturated rings. The predicted molar refractivity (Wildman–Crippen MR) is 79.5 cm³/mol. The first-order valence-electron chi connectivity index (χ1n) is 6.57. The van der Waals surface area contributed by atoms with Crippen molar-refractivity contribution in [2.75, 3.05) is 6.61 Å². The zero-order valence-corrected chi connectivity index (χ0v) is 13.3. The maximum absolute atomic E-state index is 12.5. The minimum Gasteiger partial charge on any atom is -0.872 e. The third-order valence-corrected chi connectivity index (χ3v) is 3.02. The van der Waals surface area contributed by atoms with Crippen molar-refractivity contribution in [1.82, 2.24) is 0 Å². The molecule has 0 heterocycles. The Bertz CT molecular complexity index is 565. The van der Waals surface area contributed by atoms with Crippen molar-refractivity contribution in [2.45, 2.75) is 27.7 Å². The summed E-state index contributed by atoms with van der Waals surface area (Å²) < 4.78 is 4.70. The molecule has 0 saturated carbocycles. The highest BCUT2D eigenvalue weighted by Crippen LogP contribution is 2.31. The summed E-state index contributed by atoms with van der Waals surface area (Å²) in [6.45, 7) is 6.79. The molecule has 0 spiro atoms. The van der Waals surface area contributed by atoms with Crippen molar-refractivity contribution >= 4 is 29.1 Å². The first-order valence-corrected chi connectivity index (χ1v) is 6.95. The lowest BCUT2D eigenvalue weighted by molar-refractivity contribution is -0.245. The lowest BCUT2D eigenvalue weighted by Gasteiger charge is -2.28. The standard InChI is InChI=1S/C16H19ClO4/c1-5-21-15(20)14(19)12(16(2,3)4)13(18)10-6-8-11(17)9-7-10/h6-9,18H,5H2,1-4H3/p-1/b13-12+. The van der Waals surface area contributed by atoms with E-state index < -0.39 is 22.9 Å². The first kappa shape index (κ1) is 17.2. The van der Waals surface area contributed by atoms with E-state index in [9.17, 15) is 14.7 Å². The maximum atomic E-state index is 12.5. The van der Waals surface area contributed by atoms with Gasteiger partial charge in [0.25, 0.3) is 5.78 Å². The predicted octanol–water partition coefficient (Wildman–Crippen LogP) is 2.59. The van der Waals surface area contributed by atoms with E-state index in [-0.39, 0.29) is 12.2 Å². The van der Waals surface area contributed by atoms with E-state index in [0.29, 0.717) is 10.6 Å². The van der Waals surface area contributed by atoms with Crippen LogP contribution in [0.25, 0.3) is 5.76 Å². The summed E-state index contributed by atoms with van der Waals surface area (Å²) >= 11 is 5.78. The van der Waals surface area contributed by atoms with Crippen LogP contribution in [0.5, 0.6) is 0 Å². The Morgan fingerprint density at radius 3 is 2.14 bits per heavy atom. The van der Waals surface area contributed by atoms with Gasteiger partial charge in [0.2, 0.25) is 0 Å². The molecule has 0 saturated heterocycles. The number of carbonyl (C=O) groups excluding carboxylic acids is 2. The molecule has 0 aromatic heterocycles. The molecule has 0 bridgehead atoms. The van der Waals surface area contributed by atoms with Gasteiger partial charge in [-0.15, -0.1) is 0 Å². The van der Waals surface area contributed by atoms with Crippen LogP contribution in [0.1, 0.15) is 33.3 Å². The highest BCUT2D eigenvalue weighted by molar-refractivity contribution is 6.42. The molecule has 0 aliphatic rings. The fraction of sp³-hybridized carbons (Fsp3) is 0.375. The van der Waals surface area contributed by atoms with Crippen LogP contribution < -0.4 is 5.11 Å². The minimum absolute atomic E-state index is 0.0805. The Balaban J connectivity index is 3.36. The molecule has 114 valence electrons. The molecule has 4 nitrogen and oxygen atoms in total. The molecule has 0 aliphatic carbocycles. The Kier molecular flexibility index (Phi) is 5.55. The van der Waals surface area contributed by atoms with E-state index in [1.54, 1.807) is 39.8 Å². The summed E-state index contributed by atoms with van der Waals surface area (Å²) in [7, 11) is 0. The number of ketones is 1. The van der Waals surface area contributed by atoms with E-state index in [2.05, 4.69) is 0 Å². The molecule has 0 N–H and O–H groups in total. The van der Waals surface area contributed by atoms with Crippen molar-refractivity contribution < 1.29 is 19.4 Å². The average Bonchev–Trinajstić information content (AvgIpc) is 2.38. The van der Waals surface area contributed by atoms with Gasteiger partial charge < -0.3 is 9.84 Å². The number of ether oxygens (including phenoxy) is 1. The second-order valence-corrected chi connectivity index (χ2v) is 5.95. The second kappa shape index (κ2) is 6.76. The van der Waals surface area contributed by atoms with Crippen LogP contribution in [0.2, 0.25) is 5.02 Å². The Morgan fingerprint density at radius 2 is 1.71 bits per heavy atom. The van der Waals surface area contributed by atoms with Gasteiger partial charge in [-0.1, -0.05) is 50.3 Å². The number of hydrogen-bond donors (Lipinski definition) is 0. The number of hydrogen-bond acceptors (Lipinski definition) is 4. The van der Waals surface area contributed by atoms with Gasteiger partial charge in [-0.05, 0) is 30.0 Å². The summed E-state index contributed by atoms with van der Waals surface area (Å²) in [6.07, 6.45) is 0. The molecule has 1 aromatic carbocycles. The van der Waals surface area contributed by atoms with Crippen LogP contribution in [0.4, 0.5) is 0 Å². The number of rotatable bonds is 4. The van der Waals surface area contributed by atoms with E-state index >= 15 is 0 Å². The summed E-state index contributed by atoms with van der Waals surface area (Å²) in [4.78, 5) is 23.9. The summed E-state index contributed by atoms with van der Waals surface area (Å²) in [5.41, 5.74) is -0.564. The van der Waals surface area contributed by atoms with Crippen LogP contribution in [-0.2, 0) is 14.3 Å². The third-order valence-electron chi connectivity index (χ3n) is 2.77. The minimum atomic E-state index is -1.01. The fourth-order valence-corrected chi connectivity index (χ4v) is 1.95. The normalized spacial score (nSPS) is 12.6. The van der Waals surface area contributed by atoms with E-state index in [1.165, 1.54) is 12.1 Å². The number of carbonyl (C=O) groups is 2. The van der Waals surface area contributed by atoms with Crippen LogP contribution in [-0.4, -0.2) is 18.4 Å². The SMILES string of the molecule is CCOC(=O)C(=O)/C(=C(\[O-])c1ccc(Cl)cc1)C(C)(C)C. The third kappa shape index (κ3) is 4.33. The molecule has 0 unspecified atom stereocenters. The Hall–Kier alpha value is -1.81. The lowest BCUT2D eigenvalue weighted by Crippen LogP contribution is -2.30. The van der Waals surface area contributed by atoms with Crippen LogP contribution >= 0.6 is 11.6 Å². The van der Waals surface area contributed by atoms with Crippen molar-refractivity contribution in [3.05, 3.63) is 40.4 Å². The molecule has 21 heavy (non-hydrogen) atoms. The maximum Gasteiger partial charge on any atom is 0.379 e. The van der Waals surface area contributed by atoms with Gasteiger partial charge in [0, 0.05) is 10.6 Å². The van der Waals surface area contributed by atoms with Gasteiger partial charge >= 0.3 is 5.97 Å². The molecular weight excluding hydrogens is 292 g/mol. The summed E-state index contributed by atoms with van der Waals surface area (Å²) in [5, 5.41) is 13.0. The van der Waals surface area contributed by atoms with Gasteiger partial charge in [-0.25, -0.2) is 4.79 Å². The van der Waals surface area contributed by atoms with Crippen LogP contribution in [0.15, 0.2) is 29.8 Å². The molecule has 0 amide bonds. The number of Topliss-reactive ketones (excluding diaryl/α,β-unsaturated/α-hetero) is 1. The summed E-state index contributed by atoms with van der Waals surface area (Å²) in [5.74, 6) is -2.40. The highest BCUT2D eigenvalue weighted by atomic mass is 35.5. The Labute approximate surface area is 129 Å². The molecular formula is C16H18ClO4-. The molecule has 0 atom stereocenters. The van der Waals surface area contributed by atoms with Crippen molar-refractivity contribution in [3.63, 3.8) is 0 Å².